The summed E-state index contributed by atoms with van der Waals surface area (Å²) < 4.78 is 7.28. The number of benzene rings is 1. The molecule has 0 fully saturated rings. The Morgan fingerprint density at radius 3 is 2.83 bits per heavy atom. The van der Waals surface area contributed by atoms with E-state index in [2.05, 4.69) is 10.1 Å². The van der Waals surface area contributed by atoms with Crippen LogP contribution >= 0.6 is 0 Å². The number of nitrogens with zero attached hydrogens (tertiary/aromatic N) is 4. The predicted octanol–water partition coefficient (Wildman–Crippen LogP) is 2.61. The lowest BCUT2D eigenvalue weighted by molar-refractivity contribution is 0.0970. The molecule has 3 heterocycles. The van der Waals surface area contributed by atoms with E-state index in [1.807, 2.05) is 43.3 Å². The van der Waals surface area contributed by atoms with Gasteiger partial charge in [-0.1, -0.05) is 18.2 Å². The fourth-order valence-electron chi connectivity index (χ4n) is 2.81. The van der Waals surface area contributed by atoms with Gasteiger partial charge >= 0.3 is 0 Å². The SMILES string of the molecule is Cc1cc(C(=O)N2CCOc3ncccc32)nn1-c1ccccc1. The topological polar surface area (TPSA) is 60.3 Å². The Kier molecular flexibility index (Phi) is 3.49. The molecule has 120 valence electrons. The lowest BCUT2D eigenvalue weighted by Crippen LogP contribution is -2.38. The van der Waals surface area contributed by atoms with E-state index in [0.717, 1.165) is 11.4 Å². The number of fused-ring (bicyclic) bond motifs is 1. The Morgan fingerprint density at radius 1 is 1.17 bits per heavy atom. The molecule has 3 aromatic rings. The van der Waals surface area contributed by atoms with Crippen LogP contribution in [-0.4, -0.2) is 33.8 Å². The summed E-state index contributed by atoms with van der Waals surface area (Å²) in [5.74, 6) is 0.335. The first-order valence-corrected chi connectivity index (χ1v) is 7.76. The second-order valence-corrected chi connectivity index (χ2v) is 5.55. The highest BCUT2D eigenvalue weighted by molar-refractivity contribution is 6.05. The lowest BCUT2D eigenvalue weighted by Gasteiger charge is -2.27. The first kappa shape index (κ1) is 14.4. The molecule has 0 atom stereocenters. The molecule has 24 heavy (non-hydrogen) atoms. The van der Waals surface area contributed by atoms with Crippen molar-refractivity contribution in [3.63, 3.8) is 0 Å². The van der Waals surface area contributed by atoms with Crippen LogP contribution in [-0.2, 0) is 0 Å². The van der Waals surface area contributed by atoms with E-state index in [-0.39, 0.29) is 5.91 Å². The van der Waals surface area contributed by atoms with Gasteiger partial charge in [0.05, 0.1) is 12.2 Å². The van der Waals surface area contributed by atoms with Crippen molar-refractivity contribution in [2.75, 3.05) is 18.1 Å². The number of rotatable bonds is 2. The molecule has 0 unspecified atom stereocenters. The molecule has 0 aliphatic carbocycles. The number of carbonyl (C=O) groups excluding carboxylic acids is 1. The van der Waals surface area contributed by atoms with E-state index < -0.39 is 0 Å². The second-order valence-electron chi connectivity index (χ2n) is 5.55. The molecule has 6 heteroatoms. The van der Waals surface area contributed by atoms with Crippen LogP contribution in [0.4, 0.5) is 5.69 Å². The predicted molar refractivity (Wildman–Crippen MR) is 89.7 cm³/mol. The highest BCUT2D eigenvalue weighted by atomic mass is 16.5. The van der Waals surface area contributed by atoms with Gasteiger partial charge in [0.1, 0.15) is 12.3 Å². The molecule has 4 rings (SSSR count). The monoisotopic (exact) mass is 320 g/mol. The number of ether oxygens (including phenoxy) is 1. The van der Waals surface area contributed by atoms with Gasteiger partial charge in [0.15, 0.2) is 5.69 Å². The van der Waals surface area contributed by atoms with Crippen LogP contribution in [0, 0.1) is 6.92 Å². The van der Waals surface area contributed by atoms with Gasteiger partial charge in [-0.15, -0.1) is 0 Å². The fourth-order valence-corrected chi connectivity index (χ4v) is 2.81. The van der Waals surface area contributed by atoms with Crippen molar-refractivity contribution in [2.24, 2.45) is 0 Å². The van der Waals surface area contributed by atoms with E-state index >= 15 is 0 Å². The zero-order valence-corrected chi connectivity index (χ0v) is 13.2. The van der Waals surface area contributed by atoms with Crippen LogP contribution in [0.15, 0.2) is 54.7 Å². The molecule has 1 aliphatic rings. The minimum absolute atomic E-state index is 0.148. The molecule has 0 saturated heterocycles. The number of hydrogen-bond donors (Lipinski definition) is 0. The molecule has 0 N–H and O–H groups in total. The van der Waals surface area contributed by atoms with Crippen molar-refractivity contribution in [1.82, 2.24) is 14.8 Å². The molecule has 1 amide bonds. The van der Waals surface area contributed by atoms with Gasteiger partial charge < -0.3 is 4.74 Å². The van der Waals surface area contributed by atoms with E-state index in [9.17, 15) is 4.79 Å². The number of para-hydroxylation sites is 1. The minimum Gasteiger partial charge on any atom is -0.474 e. The smallest absolute Gasteiger partial charge is 0.279 e. The maximum absolute atomic E-state index is 12.9. The highest BCUT2D eigenvalue weighted by Crippen LogP contribution is 2.29. The minimum atomic E-state index is -0.148. The molecule has 1 aromatic carbocycles. The van der Waals surface area contributed by atoms with Gasteiger partial charge in [-0.25, -0.2) is 9.67 Å². The number of aryl methyl sites for hydroxylation is 1. The fraction of sp³-hybridized carbons (Fsp3) is 0.167. The summed E-state index contributed by atoms with van der Waals surface area (Å²) >= 11 is 0. The number of anilines is 1. The first-order chi connectivity index (χ1) is 11.7. The summed E-state index contributed by atoms with van der Waals surface area (Å²) in [7, 11) is 0. The van der Waals surface area contributed by atoms with Crippen molar-refractivity contribution in [1.29, 1.82) is 0 Å². The average Bonchev–Trinajstić information content (AvgIpc) is 3.03. The van der Waals surface area contributed by atoms with Crippen molar-refractivity contribution >= 4 is 11.6 Å². The summed E-state index contributed by atoms with van der Waals surface area (Å²) in [6.45, 7) is 2.84. The van der Waals surface area contributed by atoms with Gasteiger partial charge in [0, 0.05) is 11.9 Å². The van der Waals surface area contributed by atoms with Crippen molar-refractivity contribution in [3.05, 3.63) is 66.1 Å². The normalized spacial score (nSPS) is 13.3. The third-order valence-electron chi connectivity index (χ3n) is 3.95. The molecule has 1 aliphatic heterocycles. The van der Waals surface area contributed by atoms with Crippen LogP contribution < -0.4 is 9.64 Å². The van der Waals surface area contributed by atoms with Crippen LogP contribution in [0.3, 0.4) is 0 Å². The average molecular weight is 320 g/mol. The van der Waals surface area contributed by atoms with Crippen molar-refractivity contribution < 1.29 is 9.53 Å². The number of carbonyl (C=O) groups is 1. The Balaban J connectivity index is 1.70. The van der Waals surface area contributed by atoms with Gasteiger partial charge in [0.2, 0.25) is 5.88 Å². The van der Waals surface area contributed by atoms with Crippen LogP contribution in [0.1, 0.15) is 16.2 Å². The lowest BCUT2D eigenvalue weighted by atomic mass is 10.2. The van der Waals surface area contributed by atoms with E-state index in [1.165, 1.54) is 0 Å². The summed E-state index contributed by atoms with van der Waals surface area (Å²) in [6.07, 6.45) is 1.65. The maximum atomic E-state index is 12.9. The molecule has 0 radical (unpaired) electrons. The van der Waals surface area contributed by atoms with E-state index in [0.29, 0.717) is 30.4 Å². The zero-order valence-electron chi connectivity index (χ0n) is 13.2. The quantitative estimate of drug-likeness (QED) is 0.728. The van der Waals surface area contributed by atoms with Crippen molar-refractivity contribution in [2.45, 2.75) is 6.92 Å². The zero-order chi connectivity index (χ0) is 16.5. The van der Waals surface area contributed by atoms with Gasteiger partial charge in [-0.05, 0) is 37.3 Å². The Hall–Kier alpha value is -3.15. The summed E-state index contributed by atoms with van der Waals surface area (Å²) in [5.41, 5.74) is 2.93. The van der Waals surface area contributed by atoms with Crippen LogP contribution in [0.25, 0.3) is 5.69 Å². The molecular formula is C18H16N4O2. The standard InChI is InChI=1S/C18H16N4O2/c1-13-12-15(20-22(13)14-6-3-2-4-7-14)18(23)21-10-11-24-17-16(21)8-5-9-19-17/h2-9,12H,10-11H2,1H3. The third-order valence-corrected chi connectivity index (χ3v) is 3.95. The Labute approximate surface area is 139 Å². The molecule has 0 spiro atoms. The Morgan fingerprint density at radius 2 is 2.00 bits per heavy atom. The molecule has 0 bridgehead atoms. The summed E-state index contributed by atoms with van der Waals surface area (Å²) in [5, 5.41) is 4.49. The highest BCUT2D eigenvalue weighted by Gasteiger charge is 2.27. The van der Waals surface area contributed by atoms with E-state index in [1.54, 1.807) is 27.9 Å². The third kappa shape index (κ3) is 2.42. The van der Waals surface area contributed by atoms with Crippen LogP contribution in [0.2, 0.25) is 0 Å². The maximum Gasteiger partial charge on any atom is 0.279 e. The molecule has 0 saturated carbocycles. The second kappa shape index (κ2) is 5.81. The summed E-state index contributed by atoms with van der Waals surface area (Å²) in [4.78, 5) is 18.8. The number of hydrogen-bond acceptors (Lipinski definition) is 4. The summed E-state index contributed by atoms with van der Waals surface area (Å²) in [6, 6.07) is 15.2. The first-order valence-electron chi connectivity index (χ1n) is 7.76. The molecule has 6 nitrogen and oxygen atoms in total. The number of amides is 1. The molecular weight excluding hydrogens is 304 g/mol. The van der Waals surface area contributed by atoms with Gasteiger partial charge in [-0.2, -0.15) is 5.10 Å². The number of pyridine rings is 1. The van der Waals surface area contributed by atoms with Crippen molar-refractivity contribution in [3.8, 4) is 11.6 Å². The van der Waals surface area contributed by atoms with Gasteiger partial charge in [0.25, 0.3) is 5.91 Å². The van der Waals surface area contributed by atoms with Gasteiger partial charge in [-0.3, -0.25) is 9.69 Å². The molecule has 2 aromatic heterocycles. The largest absolute Gasteiger partial charge is 0.474 e. The van der Waals surface area contributed by atoms with E-state index in [4.69, 9.17) is 4.74 Å². The number of aromatic nitrogens is 3. The van der Waals surface area contributed by atoms with Crippen LogP contribution in [0.5, 0.6) is 5.88 Å². The Bertz CT molecular complexity index is 889.